The highest BCUT2D eigenvalue weighted by molar-refractivity contribution is 5.55. The predicted octanol–water partition coefficient (Wildman–Crippen LogP) is 4.51. The van der Waals surface area contributed by atoms with Crippen LogP contribution in [0.3, 0.4) is 0 Å². The minimum Gasteiger partial charge on any atom is -0.371 e. The van der Waals surface area contributed by atoms with Crippen LogP contribution >= 0.6 is 0 Å². The van der Waals surface area contributed by atoms with E-state index < -0.39 is 0 Å². The monoisotopic (exact) mass is 288 g/mol. The summed E-state index contributed by atoms with van der Waals surface area (Å²) in [5, 5.41) is 3.57. The maximum atomic E-state index is 3.57. The Labute approximate surface area is 130 Å². The Balaban J connectivity index is 2.20. The summed E-state index contributed by atoms with van der Waals surface area (Å²) in [5.41, 5.74) is 4.20. The summed E-state index contributed by atoms with van der Waals surface area (Å²) in [6.07, 6.45) is 5.50. The summed E-state index contributed by atoms with van der Waals surface area (Å²) in [7, 11) is 2.29. The smallest absolute Gasteiger partial charge is 0.0412 e. The average Bonchev–Trinajstić information content (AvgIpc) is 2.45. The van der Waals surface area contributed by atoms with Crippen molar-refractivity contribution in [1.29, 1.82) is 0 Å². The summed E-state index contributed by atoms with van der Waals surface area (Å²) in [6, 6.07) is 8.12. The van der Waals surface area contributed by atoms with Crippen molar-refractivity contribution in [3.63, 3.8) is 0 Å². The van der Waals surface area contributed by atoms with Crippen molar-refractivity contribution in [2.75, 3.05) is 11.9 Å². The van der Waals surface area contributed by atoms with Crippen molar-refractivity contribution in [3.8, 4) is 0 Å². The number of hydrogen-bond donors (Lipinski definition) is 1. The molecule has 118 valence electrons. The van der Waals surface area contributed by atoms with Crippen LogP contribution in [-0.4, -0.2) is 19.1 Å². The number of aryl methyl sites for hydroxylation is 1. The number of hydrogen-bond acceptors (Lipinski definition) is 2. The molecular formula is C19H32N2. The Hall–Kier alpha value is -1.02. The van der Waals surface area contributed by atoms with Gasteiger partial charge in [-0.2, -0.15) is 0 Å². The summed E-state index contributed by atoms with van der Waals surface area (Å²) in [5.74, 6) is 0.802. The van der Waals surface area contributed by atoms with Crippen LogP contribution in [0.1, 0.15) is 57.6 Å². The molecule has 2 unspecified atom stereocenters. The third-order valence-corrected chi connectivity index (χ3v) is 4.88. The van der Waals surface area contributed by atoms with E-state index in [1.807, 2.05) is 0 Å². The van der Waals surface area contributed by atoms with Crippen molar-refractivity contribution >= 4 is 5.69 Å². The lowest BCUT2D eigenvalue weighted by atomic mass is 9.84. The molecule has 1 aromatic rings. The fourth-order valence-electron chi connectivity index (χ4n) is 3.56. The quantitative estimate of drug-likeness (QED) is 0.857. The van der Waals surface area contributed by atoms with Gasteiger partial charge in [-0.25, -0.2) is 0 Å². The molecule has 1 aromatic carbocycles. The van der Waals surface area contributed by atoms with Crippen LogP contribution in [0.5, 0.6) is 0 Å². The zero-order valence-electron chi connectivity index (χ0n) is 14.4. The Morgan fingerprint density at radius 2 is 1.95 bits per heavy atom. The van der Waals surface area contributed by atoms with Gasteiger partial charge in [0.15, 0.2) is 0 Å². The van der Waals surface area contributed by atoms with Crippen molar-refractivity contribution in [2.24, 2.45) is 5.92 Å². The number of rotatable bonds is 5. The lowest BCUT2D eigenvalue weighted by molar-refractivity contribution is 0.321. The molecule has 1 aliphatic carbocycles. The van der Waals surface area contributed by atoms with Gasteiger partial charge in [0.1, 0.15) is 0 Å². The Bertz CT molecular complexity index is 453. The summed E-state index contributed by atoms with van der Waals surface area (Å²) >= 11 is 0. The van der Waals surface area contributed by atoms with Gasteiger partial charge in [0.2, 0.25) is 0 Å². The second-order valence-corrected chi connectivity index (χ2v) is 7.11. The molecule has 2 rings (SSSR count). The second-order valence-electron chi connectivity index (χ2n) is 7.11. The first-order valence-corrected chi connectivity index (χ1v) is 8.54. The van der Waals surface area contributed by atoms with E-state index in [2.05, 4.69) is 63.2 Å². The molecule has 2 heteroatoms. The van der Waals surface area contributed by atoms with Crippen LogP contribution in [0.25, 0.3) is 0 Å². The number of nitrogens with one attached hydrogen (secondary N) is 1. The average molecular weight is 288 g/mol. The van der Waals surface area contributed by atoms with Gasteiger partial charge in [0.05, 0.1) is 0 Å². The van der Waals surface area contributed by atoms with Gasteiger partial charge in [-0.3, -0.25) is 0 Å². The predicted molar refractivity (Wildman–Crippen MR) is 93.0 cm³/mol. The molecule has 0 spiro atoms. The molecule has 2 nitrogen and oxygen atoms in total. The van der Waals surface area contributed by atoms with E-state index in [4.69, 9.17) is 0 Å². The molecule has 0 aromatic heterocycles. The Morgan fingerprint density at radius 1 is 1.24 bits per heavy atom. The van der Waals surface area contributed by atoms with Crippen molar-refractivity contribution in [2.45, 2.75) is 72.0 Å². The first-order chi connectivity index (χ1) is 9.99. The number of anilines is 1. The van der Waals surface area contributed by atoms with Gasteiger partial charge in [0, 0.05) is 31.4 Å². The van der Waals surface area contributed by atoms with Crippen LogP contribution in [0.15, 0.2) is 18.2 Å². The van der Waals surface area contributed by atoms with E-state index in [0.717, 1.165) is 12.5 Å². The molecule has 1 aliphatic rings. The lowest BCUT2D eigenvalue weighted by Crippen LogP contribution is -2.39. The zero-order chi connectivity index (χ0) is 15.4. The summed E-state index contributed by atoms with van der Waals surface area (Å²) < 4.78 is 0. The standard InChI is InChI=1S/C19H32N2/c1-14(2)20-13-17-12-15(3)10-11-19(17)21(5)18-9-7-6-8-16(18)4/h10-12,14,16,18,20H,6-9,13H2,1-5H3. The van der Waals surface area contributed by atoms with E-state index in [9.17, 15) is 0 Å². The fourth-order valence-corrected chi connectivity index (χ4v) is 3.56. The molecule has 0 radical (unpaired) electrons. The van der Waals surface area contributed by atoms with Crippen LogP contribution in [0, 0.1) is 12.8 Å². The molecule has 2 atom stereocenters. The minimum atomic E-state index is 0.525. The van der Waals surface area contributed by atoms with Crippen molar-refractivity contribution < 1.29 is 0 Å². The second kappa shape index (κ2) is 7.31. The third kappa shape index (κ3) is 4.23. The summed E-state index contributed by atoms with van der Waals surface area (Å²) in [6.45, 7) is 9.98. The highest BCUT2D eigenvalue weighted by Gasteiger charge is 2.26. The van der Waals surface area contributed by atoms with E-state index in [1.54, 1.807) is 0 Å². The van der Waals surface area contributed by atoms with E-state index in [1.165, 1.54) is 42.5 Å². The molecule has 1 saturated carbocycles. The topological polar surface area (TPSA) is 15.3 Å². The molecule has 1 fully saturated rings. The molecular weight excluding hydrogens is 256 g/mol. The van der Waals surface area contributed by atoms with E-state index in [-0.39, 0.29) is 0 Å². The van der Waals surface area contributed by atoms with Crippen LogP contribution in [0.4, 0.5) is 5.69 Å². The van der Waals surface area contributed by atoms with Gasteiger partial charge < -0.3 is 10.2 Å². The first kappa shape index (κ1) is 16.4. The van der Waals surface area contributed by atoms with Crippen LogP contribution in [-0.2, 0) is 6.54 Å². The fraction of sp³-hybridized carbons (Fsp3) is 0.684. The van der Waals surface area contributed by atoms with Crippen molar-refractivity contribution in [3.05, 3.63) is 29.3 Å². The highest BCUT2D eigenvalue weighted by Crippen LogP contribution is 2.32. The van der Waals surface area contributed by atoms with Gasteiger partial charge in [-0.05, 0) is 37.3 Å². The molecule has 1 N–H and O–H groups in total. The highest BCUT2D eigenvalue weighted by atomic mass is 15.1. The van der Waals surface area contributed by atoms with Gasteiger partial charge in [-0.1, -0.05) is 51.3 Å². The maximum Gasteiger partial charge on any atom is 0.0412 e. The number of benzene rings is 1. The third-order valence-electron chi connectivity index (χ3n) is 4.88. The van der Waals surface area contributed by atoms with Gasteiger partial charge in [0.25, 0.3) is 0 Å². The zero-order valence-corrected chi connectivity index (χ0v) is 14.4. The van der Waals surface area contributed by atoms with Crippen LogP contribution < -0.4 is 10.2 Å². The summed E-state index contributed by atoms with van der Waals surface area (Å²) in [4.78, 5) is 2.54. The van der Waals surface area contributed by atoms with Crippen LogP contribution in [0.2, 0.25) is 0 Å². The maximum absolute atomic E-state index is 3.57. The molecule has 21 heavy (non-hydrogen) atoms. The molecule has 0 aliphatic heterocycles. The molecule has 0 bridgehead atoms. The number of nitrogens with zero attached hydrogens (tertiary/aromatic N) is 1. The normalized spacial score (nSPS) is 22.6. The van der Waals surface area contributed by atoms with Gasteiger partial charge >= 0.3 is 0 Å². The molecule has 0 saturated heterocycles. The van der Waals surface area contributed by atoms with E-state index in [0.29, 0.717) is 12.1 Å². The Morgan fingerprint density at radius 3 is 2.62 bits per heavy atom. The first-order valence-electron chi connectivity index (χ1n) is 8.54. The molecule has 0 heterocycles. The van der Waals surface area contributed by atoms with Gasteiger partial charge in [-0.15, -0.1) is 0 Å². The SMILES string of the molecule is Cc1ccc(N(C)C2CCCCC2C)c(CNC(C)C)c1. The van der Waals surface area contributed by atoms with E-state index >= 15 is 0 Å². The molecule has 0 amide bonds. The Kier molecular flexibility index (Phi) is 5.69. The lowest BCUT2D eigenvalue weighted by Gasteiger charge is -2.38. The largest absolute Gasteiger partial charge is 0.371 e. The van der Waals surface area contributed by atoms with Crippen molar-refractivity contribution in [1.82, 2.24) is 5.32 Å². The minimum absolute atomic E-state index is 0.525.